The molecule has 0 aromatic rings. The molecule has 0 radical (unpaired) electrons. The predicted molar refractivity (Wildman–Crippen MR) is 140 cm³/mol. The van der Waals surface area contributed by atoms with E-state index < -0.39 is 0 Å². The summed E-state index contributed by atoms with van der Waals surface area (Å²) in [4.78, 5) is 7.78. The molecule has 0 saturated carbocycles. The highest BCUT2D eigenvalue weighted by Crippen LogP contribution is 2.28. The average molecular weight is 438 g/mol. The van der Waals surface area contributed by atoms with Crippen molar-refractivity contribution in [1.29, 1.82) is 0 Å². The molecule has 3 heterocycles. The normalized spacial score (nSPS) is 28.2. The maximum Gasteiger partial charge on any atom is 0.0155 e. The molecule has 0 unspecified atom stereocenters. The Balaban J connectivity index is 0.000000233. The van der Waals surface area contributed by atoms with Crippen LogP contribution in [-0.2, 0) is 0 Å². The second-order valence-corrected chi connectivity index (χ2v) is 12.2. The smallest absolute Gasteiger partial charge is 0.0155 e. The van der Waals surface area contributed by atoms with Crippen LogP contribution < -0.4 is 0 Å². The monoisotopic (exact) mass is 437 g/mol. The van der Waals surface area contributed by atoms with E-state index in [1.807, 2.05) is 0 Å². The molecule has 0 aromatic carbocycles. The molecule has 3 aliphatic rings. The van der Waals surface area contributed by atoms with E-state index in [0.29, 0.717) is 11.6 Å². The molecule has 3 aliphatic heterocycles. The van der Waals surface area contributed by atoms with Gasteiger partial charge in [-0.3, -0.25) is 4.90 Å². The van der Waals surface area contributed by atoms with Crippen molar-refractivity contribution in [1.82, 2.24) is 14.7 Å². The fraction of sp³-hybridized carbons (Fsp3) is 1.00. The zero-order chi connectivity index (χ0) is 23.6. The molecule has 0 aliphatic carbocycles. The first-order chi connectivity index (χ1) is 14.4. The Bertz CT molecular complexity index is 431. The van der Waals surface area contributed by atoms with Crippen molar-refractivity contribution in [2.75, 3.05) is 32.7 Å². The molecule has 0 spiro atoms. The van der Waals surface area contributed by atoms with Gasteiger partial charge in [-0.05, 0) is 125 Å². The van der Waals surface area contributed by atoms with Crippen LogP contribution in [0.1, 0.15) is 114 Å². The van der Waals surface area contributed by atoms with Crippen LogP contribution in [0.25, 0.3) is 0 Å². The lowest BCUT2D eigenvalue weighted by Gasteiger charge is -2.45. The maximum atomic E-state index is 2.62. The number of piperidine rings is 3. The second-order valence-electron chi connectivity index (χ2n) is 12.2. The van der Waals surface area contributed by atoms with Crippen LogP contribution in [-0.4, -0.2) is 71.1 Å². The topological polar surface area (TPSA) is 9.72 Å². The third-order valence-corrected chi connectivity index (χ3v) is 7.68. The van der Waals surface area contributed by atoms with Gasteiger partial charge in [0.05, 0.1) is 0 Å². The summed E-state index contributed by atoms with van der Waals surface area (Å²) < 4.78 is 0. The number of rotatable bonds is 3. The van der Waals surface area contributed by atoms with E-state index in [2.05, 4.69) is 83.9 Å². The number of nitrogens with zero attached hydrogens (tertiary/aromatic N) is 3. The third kappa shape index (κ3) is 11.0. The molecular weight excluding hydrogens is 378 g/mol. The summed E-state index contributed by atoms with van der Waals surface area (Å²) >= 11 is 0. The van der Waals surface area contributed by atoms with Crippen LogP contribution in [0.5, 0.6) is 0 Å². The van der Waals surface area contributed by atoms with Crippen LogP contribution in [0, 0.1) is 11.8 Å². The fourth-order valence-electron chi connectivity index (χ4n) is 5.63. The molecular formula is C28H59N3. The minimum Gasteiger partial charge on any atom is -0.301 e. The second kappa shape index (κ2) is 14.2. The van der Waals surface area contributed by atoms with Crippen LogP contribution in [0.4, 0.5) is 0 Å². The van der Waals surface area contributed by atoms with E-state index in [4.69, 9.17) is 0 Å². The molecule has 0 bridgehead atoms. The summed E-state index contributed by atoms with van der Waals surface area (Å²) in [6.07, 6.45) is 9.84. The van der Waals surface area contributed by atoms with Crippen LogP contribution in [0.3, 0.4) is 0 Å². The lowest BCUT2D eigenvalue weighted by molar-refractivity contribution is 0.0470. The molecule has 0 amide bonds. The van der Waals surface area contributed by atoms with Gasteiger partial charge in [-0.2, -0.15) is 0 Å². The van der Waals surface area contributed by atoms with Gasteiger partial charge in [-0.25, -0.2) is 0 Å². The van der Waals surface area contributed by atoms with E-state index in [1.54, 1.807) is 0 Å². The standard InChI is InChI=1S/C10H21N.2C9H19N/c1-9(2)11-8-6-5-7-10(11,3)4;2*1-8(2)10-6-4-5-9(3)7-10/h9H,5-8H2,1-4H3;2*8-9H,4-7H2,1-3H3/t;2*9-/m.10/s1. The minimum absolute atomic E-state index is 0.451. The summed E-state index contributed by atoms with van der Waals surface area (Å²) in [5.41, 5.74) is 0.451. The van der Waals surface area contributed by atoms with Crippen LogP contribution in [0.2, 0.25) is 0 Å². The maximum absolute atomic E-state index is 2.62. The van der Waals surface area contributed by atoms with Gasteiger partial charge in [-0.1, -0.05) is 20.3 Å². The molecule has 3 heteroatoms. The Hall–Kier alpha value is -0.120. The molecule has 0 aromatic heterocycles. The van der Waals surface area contributed by atoms with Crippen molar-refractivity contribution < 1.29 is 0 Å². The van der Waals surface area contributed by atoms with Gasteiger partial charge in [0.1, 0.15) is 0 Å². The van der Waals surface area contributed by atoms with Gasteiger partial charge >= 0.3 is 0 Å². The SMILES string of the molecule is CC(C)N1CCCCC1(C)C.CC(C)N1CCC[C@@H](C)C1.CC(C)N1CCC[C@H](C)C1. The molecule has 3 rings (SSSR count). The summed E-state index contributed by atoms with van der Waals surface area (Å²) in [7, 11) is 0. The summed E-state index contributed by atoms with van der Waals surface area (Å²) in [5, 5.41) is 0. The highest BCUT2D eigenvalue weighted by Gasteiger charge is 2.30. The van der Waals surface area contributed by atoms with Crippen molar-refractivity contribution in [2.45, 2.75) is 138 Å². The Morgan fingerprint density at radius 3 is 1.32 bits per heavy atom. The number of hydrogen-bond acceptors (Lipinski definition) is 3. The summed E-state index contributed by atoms with van der Waals surface area (Å²) in [6, 6.07) is 2.22. The first-order valence-corrected chi connectivity index (χ1v) is 13.7. The molecule has 186 valence electrons. The summed E-state index contributed by atoms with van der Waals surface area (Å²) in [5.74, 6) is 1.85. The predicted octanol–water partition coefficient (Wildman–Crippen LogP) is 6.91. The van der Waals surface area contributed by atoms with Gasteiger partial charge in [0.25, 0.3) is 0 Å². The highest BCUT2D eigenvalue weighted by atomic mass is 15.2. The molecule has 31 heavy (non-hydrogen) atoms. The Kier molecular flexibility index (Phi) is 13.3. The third-order valence-electron chi connectivity index (χ3n) is 7.68. The molecule has 0 N–H and O–H groups in total. The van der Waals surface area contributed by atoms with Gasteiger partial charge in [-0.15, -0.1) is 0 Å². The van der Waals surface area contributed by atoms with Gasteiger partial charge in [0.2, 0.25) is 0 Å². The van der Waals surface area contributed by atoms with Crippen molar-refractivity contribution >= 4 is 0 Å². The van der Waals surface area contributed by atoms with Crippen LogP contribution in [0.15, 0.2) is 0 Å². The first-order valence-electron chi connectivity index (χ1n) is 13.7. The van der Waals surface area contributed by atoms with Gasteiger partial charge in [0, 0.05) is 36.8 Å². The van der Waals surface area contributed by atoms with Crippen molar-refractivity contribution in [3.63, 3.8) is 0 Å². The number of hydrogen-bond donors (Lipinski definition) is 0. The van der Waals surface area contributed by atoms with Gasteiger partial charge in [0.15, 0.2) is 0 Å². The largest absolute Gasteiger partial charge is 0.301 e. The molecule has 3 nitrogen and oxygen atoms in total. The minimum atomic E-state index is 0.451. The molecule has 2 atom stereocenters. The Morgan fingerprint density at radius 1 is 0.613 bits per heavy atom. The molecule has 3 fully saturated rings. The summed E-state index contributed by atoms with van der Waals surface area (Å²) in [6.45, 7) is 29.8. The van der Waals surface area contributed by atoms with E-state index in [-0.39, 0.29) is 0 Å². The Morgan fingerprint density at radius 2 is 1.06 bits per heavy atom. The Labute approximate surface area is 197 Å². The van der Waals surface area contributed by atoms with Crippen molar-refractivity contribution in [3.05, 3.63) is 0 Å². The zero-order valence-electron chi connectivity index (χ0n) is 23.2. The van der Waals surface area contributed by atoms with E-state index in [9.17, 15) is 0 Å². The first kappa shape index (κ1) is 28.9. The fourth-order valence-corrected chi connectivity index (χ4v) is 5.63. The molecule has 3 saturated heterocycles. The van der Waals surface area contributed by atoms with E-state index in [0.717, 1.165) is 23.9 Å². The average Bonchev–Trinajstić information content (AvgIpc) is 2.68. The lowest BCUT2D eigenvalue weighted by Crippen LogP contribution is -2.50. The van der Waals surface area contributed by atoms with E-state index in [1.165, 1.54) is 77.7 Å². The van der Waals surface area contributed by atoms with Crippen LogP contribution >= 0.6 is 0 Å². The lowest BCUT2D eigenvalue weighted by atomic mass is 9.89. The number of likely N-dealkylation sites (tertiary alicyclic amines) is 3. The van der Waals surface area contributed by atoms with Gasteiger partial charge < -0.3 is 9.80 Å². The van der Waals surface area contributed by atoms with Crippen molar-refractivity contribution in [3.8, 4) is 0 Å². The van der Waals surface area contributed by atoms with Crippen molar-refractivity contribution in [2.24, 2.45) is 11.8 Å². The quantitative estimate of drug-likeness (QED) is 0.475. The van der Waals surface area contributed by atoms with E-state index >= 15 is 0 Å². The highest BCUT2D eigenvalue weighted by molar-refractivity contribution is 4.87. The zero-order valence-corrected chi connectivity index (χ0v) is 23.2.